The van der Waals surface area contributed by atoms with Gasteiger partial charge in [-0.05, 0) is 49.8 Å². The van der Waals surface area contributed by atoms with E-state index in [1.807, 2.05) is 29.3 Å². The Morgan fingerprint density at radius 3 is 2.69 bits per heavy atom. The van der Waals surface area contributed by atoms with Crippen LogP contribution in [0.2, 0.25) is 0 Å². The summed E-state index contributed by atoms with van der Waals surface area (Å²) in [7, 11) is 0. The molecule has 9 heteroatoms. The van der Waals surface area contributed by atoms with E-state index in [1.165, 1.54) is 24.6 Å². The summed E-state index contributed by atoms with van der Waals surface area (Å²) in [6.07, 6.45) is 8.31. The molecule has 0 spiro atoms. The van der Waals surface area contributed by atoms with E-state index in [9.17, 15) is 4.79 Å². The van der Waals surface area contributed by atoms with Crippen molar-refractivity contribution in [1.29, 1.82) is 0 Å². The number of thioether (sulfide) groups is 1. The zero-order chi connectivity index (χ0) is 22.3. The standard InChI is InChI=1S/C23H30N6O2S/c1-3-4-15-31-18-9-7-17(8-10-18)22(30)24-11-14-29-21-19(16-25-29)20(26-23(27-21)32-2)28-12-5-6-13-28/h7-10,16H,3-6,11-15H2,1-2H3,(H,24,30). The number of hydrogen-bond donors (Lipinski definition) is 1. The third-order valence-electron chi connectivity index (χ3n) is 5.54. The van der Waals surface area contributed by atoms with Gasteiger partial charge in [0.05, 0.1) is 24.7 Å². The third-order valence-corrected chi connectivity index (χ3v) is 6.08. The number of ether oxygens (including phenoxy) is 1. The van der Waals surface area contributed by atoms with Crippen LogP contribution in [0, 0.1) is 0 Å². The van der Waals surface area contributed by atoms with Crippen molar-refractivity contribution in [2.24, 2.45) is 0 Å². The van der Waals surface area contributed by atoms with Crippen molar-refractivity contribution in [3.8, 4) is 5.75 Å². The van der Waals surface area contributed by atoms with Crippen molar-refractivity contribution in [2.45, 2.75) is 44.3 Å². The van der Waals surface area contributed by atoms with E-state index in [0.29, 0.717) is 25.3 Å². The Morgan fingerprint density at radius 1 is 1.19 bits per heavy atom. The van der Waals surface area contributed by atoms with Gasteiger partial charge >= 0.3 is 0 Å². The minimum Gasteiger partial charge on any atom is -0.494 e. The van der Waals surface area contributed by atoms with Gasteiger partial charge in [0.15, 0.2) is 10.8 Å². The SMILES string of the molecule is CCCCOc1ccc(C(=O)NCCn2ncc3c(N4CCCC4)nc(SC)nc32)cc1. The molecule has 0 saturated carbocycles. The fraction of sp³-hybridized carbons (Fsp3) is 0.478. The topological polar surface area (TPSA) is 85.2 Å². The van der Waals surface area contributed by atoms with E-state index in [-0.39, 0.29) is 5.91 Å². The van der Waals surface area contributed by atoms with Gasteiger partial charge in [0, 0.05) is 25.2 Å². The predicted molar refractivity (Wildman–Crippen MR) is 128 cm³/mol. The molecule has 0 unspecified atom stereocenters. The summed E-state index contributed by atoms with van der Waals surface area (Å²) in [6, 6.07) is 7.26. The lowest BCUT2D eigenvalue weighted by Gasteiger charge is -2.17. The molecule has 1 aliphatic rings. The number of benzene rings is 1. The fourth-order valence-corrected chi connectivity index (χ4v) is 4.12. The number of carbonyl (C=O) groups excluding carboxylic acids is 1. The van der Waals surface area contributed by atoms with Crippen molar-refractivity contribution < 1.29 is 9.53 Å². The number of aromatic nitrogens is 4. The molecule has 1 amide bonds. The Kier molecular flexibility index (Phi) is 7.47. The van der Waals surface area contributed by atoms with Crippen LogP contribution < -0.4 is 15.0 Å². The first-order valence-corrected chi connectivity index (χ1v) is 12.5. The quantitative estimate of drug-likeness (QED) is 0.284. The lowest BCUT2D eigenvalue weighted by Crippen LogP contribution is -2.27. The second-order valence-electron chi connectivity index (χ2n) is 7.82. The molecular weight excluding hydrogens is 424 g/mol. The minimum atomic E-state index is -0.112. The lowest BCUT2D eigenvalue weighted by atomic mass is 10.2. The minimum absolute atomic E-state index is 0.112. The highest BCUT2D eigenvalue weighted by atomic mass is 32.2. The number of unbranched alkanes of at least 4 members (excludes halogenated alkanes) is 1. The van der Waals surface area contributed by atoms with Crippen molar-refractivity contribution in [3.05, 3.63) is 36.0 Å². The molecule has 1 saturated heterocycles. The summed E-state index contributed by atoms with van der Waals surface area (Å²) < 4.78 is 7.51. The van der Waals surface area contributed by atoms with Crippen molar-refractivity contribution in [1.82, 2.24) is 25.1 Å². The van der Waals surface area contributed by atoms with Gasteiger partial charge in [-0.15, -0.1) is 0 Å². The summed E-state index contributed by atoms with van der Waals surface area (Å²) in [6.45, 7) is 5.86. The van der Waals surface area contributed by atoms with E-state index >= 15 is 0 Å². The monoisotopic (exact) mass is 454 g/mol. The number of carbonyl (C=O) groups is 1. The summed E-state index contributed by atoms with van der Waals surface area (Å²) >= 11 is 1.53. The number of nitrogens with one attached hydrogen (secondary N) is 1. The molecule has 170 valence electrons. The number of amides is 1. The molecule has 0 aliphatic carbocycles. The van der Waals surface area contributed by atoms with Gasteiger partial charge < -0.3 is 15.0 Å². The highest BCUT2D eigenvalue weighted by molar-refractivity contribution is 7.98. The molecular formula is C23H30N6O2S. The molecule has 1 aliphatic heterocycles. The van der Waals surface area contributed by atoms with Crippen LogP contribution in [0.15, 0.2) is 35.6 Å². The Labute approximate surface area is 192 Å². The molecule has 0 atom stereocenters. The molecule has 2 aromatic heterocycles. The van der Waals surface area contributed by atoms with Gasteiger partial charge in [-0.2, -0.15) is 5.10 Å². The van der Waals surface area contributed by atoms with Crippen LogP contribution in [-0.4, -0.2) is 58.2 Å². The molecule has 4 rings (SSSR count). The Morgan fingerprint density at radius 2 is 1.97 bits per heavy atom. The van der Waals surface area contributed by atoms with Crippen LogP contribution in [0.5, 0.6) is 5.75 Å². The zero-order valence-corrected chi connectivity index (χ0v) is 19.5. The average molecular weight is 455 g/mol. The Hall–Kier alpha value is -2.81. The van der Waals surface area contributed by atoms with Gasteiger partial charge in [-0.25, -0.2) is 14.6 Å². The fourth-order valence-electron chi connectivity index (χ4n) is 3.76. The number of fused-ring (bicyclic) bond motifs is 1. The normalized spacial score (nSPS) is 13.6. The molecule has 8 nitrogen and oxygen atoms in total. The second kappa shape index (κ2) is 10.7. The molecule has 0 radical (unpaired) electrons. The molecule has 1 aromatic carbocycles. The van der Waals surface area contributed by atoms with Gasteiger partial charge in [0.2, 0.25) is 0 Å². The number of nitrogens with zero attached hydrogens (tertiary/aromatic N) is 5. The maximum atomic E-state index is 12.5. The first-order valence-electron chi connectivity index (χ1n) is 11.2. The Balaban J connectivity index is 1.39. The van der Waals surface area contributed by atoms with Crippen LogP contribution in [0.4, 0.5) is 5.82 Å². The molecule has 0 bridgehead atoms. The van der Waals surface area contributed by atoms with E-state index in [1.54, 1.807) is 12.1 Å². The van der Waals surface area contributed by atoms with Gasteiger partial charge in [-0.1, -0.05) is 25.1 Å². The molecule has 1 fully saturated rings. The largest absolute Gasteiger partial charge is 0.494 e. The Bertz CT molecular complexity index is 1050. The summed E-state index contributed by atoms with van der Waals surface area (Å²) in [5.74, 6) is 1.64. The zero-order valence-electron chi connectivity index (χ0n) is 18.7. The van der Waals surface area contributed by atoms with E-state index in [2.05, 4.69) is 27.2 Å². The van der Waals surface area contributed by atoms with E-state index < -0.39 is 0 Å². The number of hydrogen-bond acceptors (Lipinski definition) is 7. The summed E-state index contributed by atoms with van der Waals surface area (Å²) in [5, 5.41) is 9.21. The first-order chi connectivity index (χ1) is 15.7. The van der Waals surface area contributed by atoms with Gasteiger partial charge in [-0.3, -0.25) is 4.79 Å². The molecule has 1 N–H and O–H groups in total. The van der Waals surface area contributed by atoms with Crippen LogP contribution in [0.1, 0.15) is 43.0 Å². The van der Waals surface area contributed by atoms with Crippen molar-refractivity contribution in [2.75, 3.05) is 37.4 Å². The van der Waals surface area contributed by atoms with Crippen molar-refractivity contribution in [3.63, 3.8) is 0 Å². The van der Waals surface area contributed by atoms with Crippen LogP contribution in [0.25, 0.3) is 11.0 Å². The average Bonchev–Trinajstić information content (AvgIpc) is 3.49. The van der Waals surface area contributed by atoms with E-state index in [0.717, 1.165) is 53.7 Å². The smallest absolute Gasteiger partial charge is 0.251 e. The predicted octanol–water partition coefficient (Wildman–Crippen LogP) is 3.76. The third kappa shape index (κ3) is 5.15. The second-order valence-corrected chi connectivity index (χ2v) is 8.59. The summed E-state index contributed by atoms with van der Waals surface area (Å²) in [5.41, 5.74) is 1.43. The van der Waals surface area contributed by atoms with Crippen molar-refractivity contribution >= 4 is 34.5 Å². The van der Waals surface area contributed by atoms with Crippen LogP contribution in [0.3, 0.4) is 0 Å². The molecule has 3 aromatic rings. The lowest BCUT2D eigenvalue weighted by molar-refractivity contribution is 0.0952. The maximum absolute atomic E-state index is 12.5. The number of rotatable bonds is 10. The summed E-state index contributed by atoms with van der Waals surface area (Å²) in [4.78, 5) is 24.3. The highest BCUT2D eigenvalue weighted by Gasteiger charge is 2.20. The van der Waals surface area contributed by atoms with E-state index in [4.69, 9.17) is 9.72 Å². The van der Waals surface area contributed by atoms with Gasteiger partial charge in [0.25, 0.3) is 5.91 Å². The first kappa shape index (κ1) is 22.4. The van der Waals surface area contributed by atoms with Gasteiger partial charge in [0.1, 0.15) is 11.6 Å². The van der Waals surface area contributed by atoms with Crippen LogP contribution in [-0.2, 0) is 6.54 Å². The highest BCUT2D eigenvalue weighted by Crippen LogP contribution is 2.28. The number of anilines is 1. The van der Waals surface area contributed by atoms with Crippen LogP contribution >= 0.6 is 11.8 Å². The molecule has 3 heterocycles. The maximum Gasteiger partial charge on any atom is 0.251 e. The molecule has 32 heavy (non-hydrogen) atoms.